The highest BCUT2D eigenvalue weighted by Gasteiger charge is 2.13. The van der Waals surface area contributed by atoms with Crippen LogP contribution in [0, 0.1) is 12.7 Å². The Bertz CT molecular complexity index is 560. The van der Waals surface area contributed by atoms with Crippen LogP contribution in [0.5, 0.6) is 0 Å². The van der Waals surface area contributed by atoms with E-state index in [9.17, 15) is 4.39 Å². The van der Waals surface area contributed by atoms with Crippen molar-refractivity contribution in [3.05, 3.63) is 52.1 Å². The third-order valence-electron chi connectivity index (χ3n) is 3.39. The Kier molecular flexibility index (Phi) is 4.22. The Balaban J connectivity index is 2.09. The van der Waals surface area contributed by atoms with E-state index in [1.165, 1.54) is 6.07 Å². The van der Waals surface area contributed by atoms with Crippen molar-refractivity contribution in [2.24, 2.45) is 7.05 Å². The van der Waals surface area contributed by atoms with Crippen LogP contribution < -0.4 is 5.32 Å². The summed E-state index contributed by atoms with van der Waals surface area (Å²) in [5.74, 6) is -0.282. The summed E-state index contributed by atoms with van der Waals surface area (Å²) < 4.78 is 15.5. The van der Waals surface area contributed by atoms with Crippen molar-refractivity contribution in [2.45, 2.75) is 26.4 Å². The zero-order valence-electron chi connectivity index (χ0n) is 11.2. The molecule has 0 spiro atoms. The first-order valence-electron chi connectivity index (χ1n) is 6.15. The van der Waals surface area contributed by atoms with Gasteiger partial charge in [0, 0.05) is 41.5 Å². The number of hydrogen-bond acceptors (Lipinski definition) is 2. The fourth-order valence-corrected chi connectivity index (χ4v) is 2.24. The summed E-state index contributed by atoms with van der Waals surface area (Å²) >= 11 is 6.00. The summed E-state index contributed by atoms with van der Waals surface area (Å²) in [6.07, 6.45) is 1.83. The zero-order valence-corrected chi connectivity index (χ0v) is 12.0. The lowest BCUT2D eigenvalue weighted by Gasteiger charge is -2.14. The van der Waals surface area contributed by atoms with Crippen LogP contribution >= 0.6 is 11.6 Å². The summed E-state index contributed by atoms with van der Waals surface area (Å²) in [6, 6.07) is 4.81. The molecule has 1 heterocycles. The Morgan fingerprint density at radius 1 is 1.47 bits per heavy atom. The highest BCUT2D eigenvalue weighted by molar-refractivity contribution is 6.31. The first kappa shape index (κ1) is 14.0. The fourth-order valence-electron chi connectivity index (χ4n) is 2.01. The molecule has 0 aliphatic heterocycles. The van der Waals surface area contributed by atoms with Gasteiger partial charge in [-0.05, 0) is 26.0 Å². The normalized spacial score (nSPS) is 12.7. The number of hydrogen-bond donors (Lipinski definition) is 1. The van der Waals surface area contributed by atoms with Crippen molar-refractivity contribution in [1.82, 2.24) is 15.1 Å². The highest BCUT2D eigenvalue weighted by Crippen LogP contribution is 2.21. The molecule has 2 rings (SSSR count). The average Bonchev–Trinajstić information content (AvgIpc) is 2.69. The summed E-state index contributed by atoms with van der Waals surface area (Å²) in [5.41, 5.74) is 2.70. The zero-order chi connectivity index (χ0) is 14.0. The van der Waals surface area contributed by atoms with Crippen LogP contribution in [-0.4, -0.2) is 9.78 Å². The minimum atomic E-state index is -0.282. The number of nitrogens with zero attached hydrogens (tertiary/aromatic N) is 2. The second kappa shape index (κ2) is 5.72. The maximum absolute atomic E-state index is 13.6. The van der Waals surface area contributed by atoms with E-state index in [2.05, 4.69) is 10.4 Å². The smallest absolute Gasteiger partial charge is 0.129 e. The molecule has 1 atom stereocenters. The third-order valence-corrected chi connectivity index (χ3v) is 3.74. The van der Waals surface area contributed by atoms with E-state index in [0.29, 0.717) is 17.1 Å². The Morgan fingerprint density at radius 3 is 2.79 bits per heavy atom. The Labute approximate surface area is 117 Å². The Hall–Kier alpha value is -1.39. The van der Waals surface area contributed by atoms with Crippen molar-refractivity contribution in [1.29, 1.82) is 0 Å². The first-order valence-corrected chi connectivity index (χ1v) is 6.53. The molecular formula is C14H17ClFN3. The number of nitrogens with one attached hydrogen (secondary N) is 1. The predicted molar refractivity (Wildman–Crippen MR) is 74.6 cm³/mol. The van der Waals surface area contributed by atoms with E-state index >= 15 is 0 Å². The summed E-state index contributed by atoms with van der Waals surface area (Å²) in [6.45, 7) is 4.43. The topological polar surface area (TPSA) is 29.9 Å². The maximum atomic E-state index is 13.6. The van der Waals surface area contributed by atoms with Gasteiger partial charge in [0.05, 0.1) is 6.20 Å². The predicted octanol–water partition coefficient (Wildman–Crippen LogP) is 3.37. The molecule has 1 aromatic carbocycles. The molecule has 0 bridgehead atoms. The molecule has 19 heavy (non-hydrogen) atoms. The Morgan fingerprint density at radius 2 is 2.21 bits per heavy atom. The maximum Gasteiger partial charge on any atom is 0.129 e. The lowest BCUT2D eigenvalue weighted by atomic mass is 10.1. The van der Waals surface area contributed by atoms with Crippen molar-refractivity contribution in [3.8, 4) is 0 Å². The lowest BCUT2D eigenvalue weighted by Crippen LogP contribution is -2.19. The lowest BCUT2D eigenvalue weighted by molar-refractivity contribution is 0.542. The monoisotopic (exact) mass is 281 g/mol. The quantitative estimate of drug-likeness (QED) is 0.931. The van der Waals surface area contributed by atoms with E-state index in [0.717, 1.165) is 11.3 Å². The first-order chi connectivity index (χ1) is 9.00. The van der Waals surface area contributed by atoms with E-state index < -0.39 is 0 Å². The molecule has 1 unspecified atom stereocenters. The average molecular weight is 282 g/mol. The van der Waals surface area contributed by atoms with Gasteiger partial charge in [-0.1, -0.05) is 17.7 Å². The van der Waals surface area contributed by atoms with Crippen LogP contribution in [0.4, 0.5) is 4.39 Å². The summed E-state index contributed by atoms with van der Waals surface area (Å²) in [4.78, 5) is 0. The van der Waals surface area contributed by atoms with Gasteiger partial charge in [-0.3, -0.25) is 4.68 Å². The minimum Gasteiger partial charge on any atom is -0.306 e. The number of aromatic nitrogens is 2. The van der Waals surface area contributed by atoms with Crippen molar-refractivity contribution in [3.63, 3.8) is 0 Å². The molecule has 0 saturated carbocycles. The van der Waals surface area contributed by atoms with E-state index in [1.54, 1.807) is 12.1 Å². The standard InChI is InChI=1S/C14H17ClFN3/c1-9(11-8-18-19(3)10(11)2)17-7-12-13(15)5-4-6-14(12)16/h4-6,8-9,17H,7H2,1-3H3. The van der Waals surface area contributed by atoms with Gasteiger partial charge in [-0.2, -0.15) is 5.10 Å². The van der Waals surface area contributed by atoms with Crippen LogP contribution in [0.1, 0.15) is 29.8 Å². The number of benzene rings is 1. The second-order valence-electron chi connectivity index (χ2n) is 4.61. The molecule has 5 heteroatoms. The molecular weight excluding hydrogens is 265 g/mol. The van der Waals surface area contributed by atoms with Gasteiger partial charge in [0.1, 0.15) is 5.82 Å². The van der Waals surface area contributed by atoms with E-state index in [1.807, 2.05) is 31.8 Å². The van der Waals surface area contributed by atoms with E-state index in [-0.39, 0.29) is 11.9 Å². The number of halogens is 2. The van der Waals surface area contributed by atoms with Gasteiger partial charge in [-0.25, -0.2) is 4.39 Å². The largest absolute Gasteiger partial charge is 0.306 e. The van der Waals surface area contributed by atoms with Crippen molar-refractivity contribution < 1.29 is 4.39 Å². The molecule has 0 fully saturated rings. The molecule has 0 radical (unpaired) electrons. The van der Waals surface area contributed by atoms with Crippen LogP contribution in [0.2, 0.25) is 5.02 Å². The summed E-state index contributed by atoms with van der Waals surface area (Å²) in [7, 11) is 1.90. The molecule has 3 nitrogen and oxygen atoms in total. The SMILES string of the molecule is Cc1c(C(C)NCc2c(F)cccc2Cl)cnn1C. The molecule has 0 saturated heterocycles. The third kappa shape index (κ3) is 2.96. The van der Waals surface area contributed by atoms with Crippen LogP contribution in [0.15, 0.2) is 24.4 Å². The molecule has 102 valence electrons. The molecule has 0 amide bonds. The van der Waals surface area contributed by atoms with Crippen LogP contribution in [0.25, 0.3) is 0 Å². The minimum absolute atomic E-state index is 0.0874. The fraction of sp³-hybridized carbons (Fsp3) is 0.357. The van der Waals surface area contributed by atoms with Gasteiger partial charge >= 0.3 is 0 Å². The van der Waals surface area contributed by atoms with Gasteiger partial charge < -0.3 is 5.32 Å². The highest BCUT2D eigenvalue weighted by atomic mass is 35.5. The van der Waals surface area contributed by atoms with Crippen molar-refractivity contribution >= 4 is 11.6 Å². The number of aryl methyl sites for hydroxylation is 1. The molecule has 0 aliphatic carbocycles. The molecule has 0 aliphatic rings. The molecule has 1 aromatic heterocycles. The number of rotatable bonds is 4. The van der Waals surface area contributed by atoms with Crippen molar-refractivity contribution in [2.75, 3.05) is 0 Å². The van der Waals surface area contributed by atoms with E-state index in [4.69, 9.17) is 11.6 Å². The van der Waals surface area contributed by atoms with Crippen LogP contribution in [-0.2, 0) is 13.6 Å². The van der Waals surface area contributed by atoms with Gasteiger partial charge in [0.25, 0.3) is 0 Å². The van der Waals surface area contributed by atoms with Gasteiger partial charge in [0.15, 0.2) is 0 Å². The molecule has 2 aromatic rings. The van der Waals surface area contributed by atoms with Gasteiger partial charge in [-0.15, -0.1) is 0 Å². The van der Waals surface area contributed by atoms with Crippen LogP contribution in [0.3, 0.4) is 0 Å². The second-order valence-corrected chi connectivity index (χ2v) is 5.02. The summed E-state index contributed by atoms with van der Waals surface area (Å²) in [5, 5.41) is 7.92. The molecule has 1 N–H and O–H groups in total. The van der Waals surface area contributed by atoms with Gasteiger partial charge in [0.2, 0.25) is 0 Å².